The summed E-state index contributed by atoms with van der Waals surface area (Å²) < 4.78 is 5.88. The van der Waals surface area contributed by atoms with E-state index in [1.807, 2.05) is 12.3 Å². The van der Waals surface area contributed by atoms with Crippen molar-refractivity contribution in [3.8, 4) is 33.6 Å². The van der Waals surface area contributed by atoms with Gasteiger partial charge in [0.05, 0.1) is 23.7 Å². The molecule has 2 aromatic heterocycles. The number of benzene rings is 3. The maximum Gasteiger partial charge on any atom is 0.134 e. The lowest BCUT2D eigenvalue weighted by molar-refractivity contribution is 0.389. The Hall–Kier alpha value is -4.24. The van der Waals surface area contributed by atoms with Crippen LogP contribution in [-0.4, -0.2) is 17.2 Å². The van der Waals surface area contributed by atoms with Crippen molar-refractivity contribution in [3.05, 3.63) is 114 Å². The summed E-state index contributed by atoms with van der Waals surface area (Å²) in [6.07, 6.45) is 8.12. The number of nitrogens with zero attached hydrogens (tertiary/aromatic N) is 2. The van der Waals surface area contributed by atoms with Crippen LogP contribution >= 0.6 is 0 Å². The molecule has 3 heteroatoms. The molecule has 2 aliphatic rings. The van der Waals surface area contributed by atoms with Gasteiger partial charge in [-0.3, -0.25) is 4.99 Å². The highest BCUT2D eigenvalue weighted by Crippen LogP contribution is 2.53. The standard InChI is InChI=1S/C33H26N2O/c1-33(2)30-26(21-10-5-3-6-11-21)20-27(22-12-7-4-8-13-22)35-31(30)29-23(24-14-9-18-34-32(24)33)15-16-28-25(29)17-19-36-28/h3-20,24,32H,1-2H3. The first-order chi connectivity index (χ1) is 17.6. The number of allylic oxidation sites excluding steroid dienone is 1. The third-order valence-electron chi connectivity index (χ3n) is 7.81. The van der Waals surface area contributed by atoms with Crippen LogP contribution < -0.4 is 0 Å². The third kappa shape index (κ3) is 3.06. The van der Waals surface area contributed by atoms with Gasteiger partial charge < -0.3 is 4.42 Å². The van der Waals surface area contributed by atoms with Gasteiger partial charge in [-0.05, 0) is 46.5 Å². The minimum atomic E-state index is -0.274. The second-order valence-corrected chi connectivity index (χ2v) is 10.2. The van der Waals surface area contributed by atoms with Crippen LogP contribution in [0, 0.1) is 0 Å². The number of fused-ring (bicyclic) bond motifs is 7. The Labute approximate surface area is 210 Å². The Morgan fingerprint density at radius 3 is 2.36 bits per heavy atom. The van der Waals surface area contributed by atoms with Crippen molar-refractivity contribution in [2.45, 2.75) is 31.2 Å². The number of rotatable bonds is 2. The van der Waals surface area contributed by atoms with Crippen molar-refractivity contribution < 1.29 is 4.42 Å². The van der Waals surface area contributed by atoms with E-state index < -0.39 is 0 Å². The van der Waals surface area contributed by atoms with Crippen LogP contribution in [0.4, 0.5) is 0 Å². The van der Waals surface area contributed by atoms with Crippen molar-refractivity contribution in [2.24, 2.45) is 4.99 Å². The lowest BCUT2D eigenvalue weighted by atomic mass is 9.70. The quantitative estimate of drug-likeness (QED) is 0.263. The van der Waals surface area contributed by atoms with E-state index in [1.54, 1.807) is 6.26 Å². The van der Waals surface area contributed by atoms with Gasteiger partial charge in [-0.1, -0.05) is 86.7 Å². The third-order valence-corrected chi connectivity index (χ3v) is 7.81. The molecule has 7 rings (SSSR count). The Kier molecular flexibility index (Phi) is 4.62. The topological polar surface area (TPSA) is 38.4 Å². The molecule has 0 amide bonds. The van der Waals surface area contributed by atoms with Gasteiger partial charge in [0.25, 0.3) is 0 Å². The maximum atomic E-state index is 5.88. The highest BCUT2D eigenvalue weighted by molar-refractivity contribution is 5.99. The summed E-state index contributed by atoms with van der Waals surface area (Å²) in [7, 11) is 0. The van der Waals surface area contributed by atoms with Crippen LogP contribution in [0.2, 0.25) is 0 Å². The molecule has 0 N–H and O–H groups in total. The molecule has 0 spiro atoms. The number of dihydropyridines is 1. The first-order valence-corrected chi connectivity index (χ1v) is 12.5. The molecule has 0 saturated carbocycles. The number of aliphatic imine (C=N–C) groups is 1. The fourth-order valence-corrected chi connectivity index (χ4v) is 6.15. The molecule has 1 aliphatic heterocycles. The zero-order valence-electron chi connectivity index (χ0n) is 20.3. The van der Waals surface area contributed by atoms with E-state index in [-0.39, 0.29) is 17.4 Å². The van der Waals surface area contributed by atoms with E-state index in [0.717, 1.165) is 33.5 Å². The Balaban J connectivity index is 1.67. The minimum Gasteiger partial charge on any atom is -0.464 e. The SMILES string of the molecule is CC1(C)c2c(-c3ccccc3)cc(-c3ccccc3)nc2-c2c(ccc3occc23)C2C=CC=NC21. The van der Waals surface area contributed by atoms with Crippen LogP contribution in [0.5, 0.6) is 0 Å². The first-order valence-electron chi connectivity index (χ1n) is 12.5. The van der Waals surface area contributed by atoms with Gasteiger partial charge in [0, 0.05) is 34.1 Å². The molecule has 1 aliphatic carbocycles. The molecule has 3 nitrogen and oxygen atoms in total. The molecule has 2 unspecified atom stereocenters. The molecule has 0 fully saturated rings. The van der Waals surface area contributed by atoms with Gasteiger partial charge in [0.2, 0.25) is 0 Å². The van der Waals surface area contributed by atoms with E-state index in [2.05, 4.69) is 105 Å². The molecule has 174 valence electrons. The average Bonchev–Trinajstić information content (AvgIpc) is 3.39. The molecule has 0 saturated heterocycles. The fourth-order valence-electron chi connectivity index (χ4n) is 6.15. The molecule has 0 bridgehead atoms. The predicted molar refractivity (Wildman–Crippen MR) is 148 cm³/mol. The summed E-state index contributed by atoms with van der Waals surface area (Å²) >= 11 is 0. The van der Waals surface area contributed by atoms with Crippen LogP contribution in [0.15, 0.2) is 113 Å². The molecule has 36 heavy (non-hydrogen) atoms. The summed E-state index contributed by atoms with van der Waals surface area (Å²) in [5, 5.41) is 1.10. The van der Waals surface area contributed by atoms with E-state index in [9.17, 15) is 0 Å². The fraction of sp³-hybridized carbons (Fsp3) is 0.152. The largest absolute Gasteiger partial charge is 0.464 e. The molecule has 2 atom stereocenters. The summed E-state index contributed by atoms with van der Waals surface area (Å²) in [5.41, 5.74) is 9.77. The Morgan fingerprint density at radius 1 is 0.833 bits per heavy atom. The van der Waals surface area contributed by atoms with E-state index in [1.165, 1.54) is 22.3 Å². The smallest absolute Gasteiger partial charge is 0.134 e. The Morgan fingerprint density at radius 2 is 1.58 bits per heavy atom. The van der Waals surface area contributed by atoms with E-state index >= 15 is 0 Å². The number of aromatic nitrogens is 1. The maximum absolute atomic E-state index is 5.88. The molecule has 5 aromatic rings. The zero-order chi connectivity index (χ0) is 24.3. The number of pyridine rings is 1. The van der Waals surface area contributed by atoms with Crippen LogP contribution in [0.3, 0.4) is 0 Å². The second kappa shape index (κ2) is 7.89. The summed E-state index contributed by atoms with van der Waals surface area (Å²) in [5.74, 6) is 0.150. The van der Waals surface area contributed by atoms with Gasteiger partial charge in [-0.15, -0.1) is 0 Å². The summed E-state index contributed by atoms with van der Waals surface area (Å²) in [6.45, 7) is 4.66. The number of hydrogen-bond donors (Lipinski definition) is 0. The summed E-state index contributed by atoms with van der Waals surface area (Å²) in [6, 6.07) is 29.9. The second-order valence-electron chi connectivity index (χ2n) is 10.2. The van der Waals surface area contributed by atoms with Gasteiger partial charge in [0.15, 0.2) is 0 Å². The average molecular weight is 467 g/mol. The van der Waals surface area contributed by atoms with Gasteiger partial charge in [-0.25, -0.2) is 4.98 Å². The van der Waals surface area contributed by atoms with Gasteiger partial charge in [-0.2, -0.15) is 0 Å². The van der Waals surface area contributed by atoms with E-state index in [4.69, 9.17) is 14.4 Å². The highest BCUT2D eigenvalue weighted by atomic mass is 16.3. The summed E-state index contributed by atoms with van der Waals surface area (Å²) in [4.78, 5) is 10.5. The van der Waals surface area contributed by atoms with Crippen LogP contribution in [0.1, 0.15) is 30.9 Å². The van der Waals surface area contributed by atoms with Crippen LogP contribution in [-0.2, 0) is 5.41 Å². The molecule has 3 aromatic carbocycles. The molecular weight excluding hydrogens is 440 g/mol. The lowest BCUT2D eigenvalue weighted by Gasteiger charge is -2.37. The minimum absolute atomic E-state index is 0.0543. The van der Waals surface area contributed by atoms with Gasteiger partial charge in [0.1, 0.15) is 5.58 Å². The van der Waals surface area contributed by atoms with Crippen molar-refractivity contribution in [2.75, 3.05) is 0 Å². The van der Waals surface area contributed by atoms with Crippen molar-refractivity contribution in [1.82, 2.24) is 4.98 Å². The number of hydrogen-bond acceptors (Lipinski definition) is 3. The van der Waals surface area contributed by atoms with Crippen LogP contribution in [0.25, 0.3) is 44.6 Å². The van der Waals surface area contributed by atoms with Crippen molar-refractivity contribution >= 4 is 17.2 Å². The zero-order valence-corrected chi connectivity index (χ0v) is 20.3. The first kappa shape index (κ1) is 21.1. The van der Waals surface area contributed by atoms with Crippen molar-refractivity contribution in [1.29, 1.82) is 0 Å². The lowest BCUT2D eigenvalue weighted by Crippen LogP contribution is -2.37. The highest BCUT2D eigenvalue weighted by Gasteiger charge is 2.45. The molecular formula is C33H26N2O. The van der Waals surface area contributed by atoms with E-state index in [0.29, 0.717) is 0 Å². The molecule has 3 heterocycles. The Bertz CT molecular complexity index is 1660. The van der Waals surface area contributed by atoms with Gasteiger partial charge >= 0.3 is 0 Å². The normalized spacial score (nSPS) is 19.4. The van der Waals surface area contributed by atoms with Crippen molar-refractivity contribution in [3.63, 3.8) is 0 Å². The predicted octanol–water partition coefficient (Wildman–Crippen LogP) is 8.21. The molecule has 0 radical (unpaired) electrons. The monoisotopic (exact) mass is 466 g/mol. The number of furan rings is 1.